The molecule has 1 aliphatic heterocycles. The van der Waals surface area contributed by atoms with Gasteiger partial charge in [0, 0.05) is 30.7 Å². The van der Waals surface area contributed by atoms with Gasteiger partial charge in [0.25, 0.3) is 0 Å². The van der Waals surface area contributed by atoms with Crippen LogP contribution in [0.5, 0.6) is 0 Å². The van der Waals surface area contributed by atoms with Crippen LogP contribution in [0, 0.1) is 0 Å². The maximum Gasteiger partial charge on any atom is 0.233 e. The third-order valence-corrected chi connectivity index (χ3v) is 3.07. The Morgan fingerprint density at radius 3 is 2.79 bits per heavy atom. The van der Waals surface area contributed by atoms with Gasteiger partial charge in [-0.25, -0.2) is 0 Å². The number of likely N-dealkylation sites (tertiary alicyclic amines) is 1. The minimum Gasteiger partial charge on any atom is -0.367 e. The highest BCUT2D eigenvalue weighted by Crippen LogP contribution is 2.19. The summed E-state index contributed by atoms with van der Waals surface area (Å²) in [6, 6.07) is 1.14. The highest BCUT2D eigenvalue weighted by atomic mass is 32.1. The van der Waals surface area contributed by atoms with Gasteiger partial charge in [-0.05, 0) is 13.8 Å². The average Bonchev–Trinajstić information content (AvgIpc) is 2.42. The Kier molecular flexibility index (Phi) is 2.56. The summed E-state index contributed by atoms with van der Waals surface area (Å²) in [5, 5.41) is 4.14. The van der Waals surface area contributed by atoms with Crippen molar-refractivity contribution < 1.29 is 0 Å². The molecule has 0 atom stereocenters. The van der Waals surface area contributed by atoms with Gasteiger partial charge in [-0.15, -0.1) is 0 Å². The van der Waals surface area contributed by atoms with Gasteiger partial charge in [-0.2, -0.15) is 9.36 Å². The van der Waals surface area contributed by atoms with Crippen molar-refractivity contribution >= 4 is 22.6 Å². The predicted octanol–water partition coefficient (Wildman–Crippen LogP) is 0.625. The first-order valence-electron chi connectivity index (χ1n) is 4.75. The SMILES string of the molecule is CC(C)N1CC(Nc2nc(N)ns2)C1. The van der Waals surface area contributed by atoms with Crippen LogP contribution in [0.2, 0.25) is 0 Å². The topological polar surface area (TPSA) is 67.1 Å². The summed E-state index contributed by atoms with van der Waals surface area (Å²) in [6.07, 6.45) is 0. The number of aromatic nitrogens is 2. The van der Waals surface area contributed by atoms with Crippen LogP contribution in [-0.4, -0.2) is 39.4 Å². The van der Waals surface area contributed by atoms with Crippen molar-refractivity contribution in [3.05, 3.63) is 0 Å². The third kappa shape index (κ3) is 1.96. The van der Waals surface area contributed by atoms with Crippen molar-refractivity contribution in [3.8, 4) is 0 Å². The molecule has 2 heterocycles. The fraction of sp³-hybridized carbons (Fsp3) is 0.750. The van der Waals surface area contributed by atoms with E-state index in [0.717, 1.165) is 18.2 Å². The minimum absolute atomic E-state index is 0.359. The van der Waals surface area contributed by atoms with Crippen LogP contribution in [0.1, 0.15) is 13.8 Å². The Morgan fingerprint density at radius 2 is 2.29 bits per heavy atom. The van der Waals surface area contributed by atoms with Crippen molar-refractivity contribution in [2.75, 3.05) is 24.1 Å². The molecule has 0 saturated carbocycles. The minimum atomic E-state index is 0.359. The quantitative estimate of drug-likeness (QED) is 0.770. The summed E-state index contributed by atoms with van der Waals surface area (Å²) in [5.74, 6) is 0.359. The second kappa shape index (κ2) is 3.70. The molecule has 3 N–H and O–H groups in total. The summed E-state index contributed by atoms with van der Waals surface area (Å²) in [7, 11) is 0. The lowest BCUT2D eigenvalue weighted by Gasteiger charge is -2.42. The summed E-state index contributed by atoms with van der Waals surface area (Å²) >= 11 is 1.32. The van der Waals surface area contributed by atoms with Crippen LogP contribution in [0.15, 0.2) is 0 Å². The Labute approximate surface area is 87.5 Å². The van der Waals surface area contributed by atoms with Crippen LogP contribution in [0.25, 0.3) is 0 Å². The van der Waals surface area contributed by atoms with Gasteiger partial charge in [0.05, 0.1) is 6.04 Å². The summed E-state index contributed by atoms with van der Waals surface area (Å²) in [4.78, 5) is 6.46. The smallest absolute Gasteiger partial charge is 0.233 e. The predicted molar refractivity (Wildman–Crippen MR) is 58.4 cm³/mol. The number of nitrogens with zero attached hydrogens (tertiary/aromatic N) is 3. The van der Waals surface area contributed by atoms with Gasteiger partial charge >= 0.3 is 0 Å². The van der Waals surface area contributed by atoms with E-state index in [2.05, 4.69) is 33.4 Å². The zero-order chi connectivity index (χ0) is 10.1. The van der Waals surface area contributed by atoms with Gasteiger partial charge in [0.15, 0.2) is 0 Å². The zero-order valence-corrected chi connectivity index (χ0v) is 9.21. The first kappa shape index (κ1) is 9.67. The van der Waals surface area contributed by atoms with Crippen molar-refractivity contribution in [2.45, 2.75) is 25.9 Å². The molecule has 5 nitrogen and oxygen atoms in total. The fourth-order valence-electron chi connectivity index (χ4n) is 1.49. The van der Waals surface area contributed by atoms with E-state index in [-0.39, 0.29) is 0 Å². The molecule has 0 amide bonds. The molecular formula is C8H15N5S. The standard InChI is InChI=1S/C8H15N5S/c1-5(2)13-3-6(4-13)10-8-11-7(9)12-14-8/h5-6H,3-4H2,1-2H3,(H3,9,10,11,12). The molecule has 1 saturated heterocycles. The largest absolute Gasteiger partial charge is 0.367 e. The van der Waals surface area contributed by atoms with Crippen molar-refractivity contribution in [1.82, 2.24) is 14.3 Å². The Balaban J connectivity index is 1.79. The van der Waals surface area contributed by atoms with E-state index in [0.29, 0.717) is 18.0 Å². The van der Waals surface area contributed by atoms with Gasteiger partial charge in [-0.3, -0.25) is 4.90 Å². The number of rotatable bonds is 3. The molecule has 1 fully saturated rings. The lowest BCUT2D eigenvalue weighted by atomic mass is 10.1. The Morgan fingerprint density at radius 1 is 1.57 bits per heavy atom. The molecule has 0 bridgehead atoms. The molecule has 0 aromatic carbocycles. The number of hydrogen-bond acceptors (Lipinski definition) is 6. The number of anilines is 2. The van der Waals surface area contributed by atoms with E-state index in [1.807, 2.05) is 0 Å². The summed E-state index contributed by atoms with van der Waals surface area (Å²) < 4.78 is 3.91. The number of nitrogens with one attached hydrogen (secondary N) is 1. The maximum absolute atomic E-state index is 5.43. The van der Waals surface area contributed by atoms with E-state index < -0.39 is 0 Å². The Hall–Kier alpha value is -0.880. The monoisotopic (exact) mass is 213 g/mol. The van der Waals surface area contributed by atoms with Crippen LogP contribution in [0.3, 0.4) is 0 Å². The van der Waals surface area contributed by atoms with Crippen molar-refractivity contribution in [2.24, 2.45) is 0 Å². The molecule has 14 heavy (non-hydrogen) atoms. The van der Waals surface area contributed by atoms with E-state index in [9.17, 15) is 0 Å². The van der Waals surface area contributed by atoms with E-state index in [1.54, 1.807) is 0 Å². The van der Waals surface area contributed by atoms with Crippen molar-refractivity contribution in [3.63, 3.8) is 0 Å². The second-order valence-corrected chi connectivity index (χ2v) is 4.60. The molecule has 78 valence electrons. The highest BCUT2D eigenvalue weighted by Gasteiger charge is 2.28. The zero-order valence-electron chi connectivity index (χ0n) is 8.40. The molecule has 2 rings (SSSR count). The molecule has 1 aromatic heterocycles. The molecule has 0 aliphatic carbocycles. The first-order chi connectivity index (χ1) is 6.65. The Bertz CT molecular complexity index is 304. The number of hydrogen-bond donors (Lipinski definition) is 2. The van der Waals surface area contributed by atoms with Gasteiger partial charge in [-0.1, -0.05) is 0 Å². The molecule has 1 aliphatic rings. The van der Waals surface area contributed by atoms with Crippen LogP contribution < -0.4 is 11.1 Å². The lowest BCUT2D eigenvalue weighted by molar-refractivity contribution is 0.122. The van der Waals surface area contributed by atoms with Crippen LogP contribution in [0.4, 0.5) is 11.1 Å². The molecule has 6 heteroatoms. The molecule has 1 aromatic rings. The molecule has 0 spiro atoms. The van der Waals surface area contributed by atoms with Gasteiger partial charge < -0.3 is 11.1 Å². The molecule has 0 radical (unpaired) electrons. The van der Waals surface area contributed by atoms with E-state index >= 15 is 0 Å². The number of nitrogens with two attached hydrogens (primary N) is 1. The van der Waals surface area contributed by atoms with Crippen LogP contribution in [-0.2, 0) is 0 Å². The molecule has 0 unspecified atom stereocenters. The number of nitrogen functional groups attached to an aromatic ring is 1. The average molecular weight is 213 g/mol. The van der Waals surface area contributed by atoms with Crippen LogP contribution >= 0.6 is 11.5 Å². The maximum atomic E-state index is 5.43. The van der Waals surface area contributed by atoms with E-state index in [4.69, 9.17) is 5.73 Å². The molecular weight excluding hydrogens is 198 g/mol. The lowest BCUT2D eigenvalue weighted by Crippen LogP contribution is -2.57. The summed E-state index contributed by atoms with van der Waals surface area (Å²) in [5.41, 5.74) is 5.43. The summed E-state index contributed by atoms with van der Waals surface area (Å²) in [6.45, 7) is 6.58. The highest BCUT2D eigenvalue weighted by molar-refractivity contribution is 7.09. The third-order valence-electron chi connectivity index (χ3n) is 2.41. The van der Waals surface area contributed by atoms with E-state index in [1.165, 1.54) is 11.5 Å². The first-order valence-corrected chi connectivity index (χ1v) is 5.52. The fourth-order valence-corrected chi connectivity index (χ4v) is 2.07. The van der Waals surface area contributed by atoms with Gasteiger partial charge in [0.2, 0.25) is 11.1 Å². The van der Waals surface area contributed by atoms with Crippen molar-refractivity contribution in [1.29, 1.82) is 0 Å². The second-order valence-electron chi connectivity index (χ2n) is 3.85. The van der Waals surface area contributed by atoms with Gasteiger partial charge in [0.1, 0.15) is 0 Å². The normalized spacial score (nSPS) is 18.5.